The molecule has 0 atom stereocenters. The number of nitrogens with one attached hydrogen (secondary N) is 1. The first-order valence-corrected chi connectivity index (χ1v) is 5.53. The predicted octanol–water partition coefficient (Wildman–Crippen LogP) is 1.18. The van der Waals surface area contributed by atoms with Crippen LogP contribution in [0.1, 0.15) is 0 Å². The molecular formula is C9H7FN4O2S. The number of pyridine rings is 1. The van der Waals surface area contributed by atoms with Crippen molar-refractivity contribution in [3.63, 3.8) is 0 Å². The smallest absolute Gasteiger partial charge is 0.313 e. The van der Waals surface area contributed by atoms with Crippen molar-refractivity contribution in [3.05, 3.63) is 24.1 Å². The van der Waals surface area contributed by atoms with Crippen molar-refractivity contribution in [1.82, 2.24) is 20.2 Å². The van der Waals surface area contributed by atoms with Gasteiger partial charge in [0.1, 0.15) is 11.5 Å². The molecule has 0 bridgehead atoms. The van der Waals surface area contributed by atoms with Gasteiger partial charge < -0.3 is 10.1 Å². The van der Waals surface area contributed by atoms with Crippen LogP contribution in [0.2, 0.25) is 0 Å². The number of hydrogen-bond donors (Lipinski definition) is 2. The first-order chi connectivity index (χ1) is 8.15. The van der Waals surface area contributed by atoms with Gasteiger partial charge in [0.05, 0.1) is 11.9 Å². The van der Waals surface area contributed by atoms with Gasteiger partial charge in [0, 0.05) is 0 Å². The quantitative estimate of drug-likeness (QED) is 0.796. The Kier molecular flexibility index (Phi) is 3.33. The maximum atomic E-state index is 12.6. The van der Waals surface area contributed by atoms with Crippen LogP contribution >= 0.6 is 11.8 Å². The monoisotopic (exact) mass is 254 g/mol. The predicted molar refractivity (Wildman–Crippen MR) is 57.9 cm³/mol. The topological polar surface area (TPSA) is 91.8 Å². The summed E-state index contributed by atoms with van der Waals surface area (Å²) in [6.45, 7) is 0. The highest BCUT2D eigenvalue weighted by Crippen LogP contribution is 2.17. The zero-order chi connectivity index (χ0) is 12.3. The summed E-state index contributed by atoms with van der Waals surface area (Å²) in [6, 6.07) is 2.72. The summed E-state index contributed by atoms with van der Waals surface area (Å²) in [5.74, 6) is -1.11. The molecule has 0 aliphatic rings. The molecule has 0 fully saturated rings. The Labute approximate surface area is 99.3 Å². The third kappa shape index (κ3) is 3.00. The molecule has 2 aromatic heterocycles. The maximum absolute atomic E-state index is 12.6. The lowest BCUT2D eigenvalue weighted by molar-refractivity contribution is -0.133. The number of carboxylic acids is 1. The van der Waals surface area contributed by atoms with Gasteiger partial charge in [0.25, 0.3) is 0 Å². The van der Waals surface area contributed by atoms with Gasteiger partial charge in [0.2, 0.25) is 0 Å². The molecule has 0 aromatic carbocycles. The van der Waals surface area contributed by atoms with Gasteiger partial charge in [-0.15, -0.1) is 10.2 Å². The van der Waals surface area contributed by atoms with Crippen molar-refractivity contribution in [3.8, 4) is 11.5 Å². The zero-order valence-electron chi connectivity index (χ0n) is 8.42. The van der Waals surface area contributed by atoms with Crippen molar-refractivity contribution >= 4 is 17.7 Å². The molecule has 2 heterocycles. The van der Waals surface area contributed by atoms with E-state index in [-0.39, 0.29) is 5.75 Å². The average molecular weight is 254 g/mol. The van der Waals surface area contributed by atoms with Crippen LogP contribution < -0.4 is 0 Å². The van der Waals surface area contributed by atoms with Crippen molar-refractivity contribution in [2.24, 2.45) is 0 Å². The Morgan fingerprint density at radius 2 is 2.29 bits per heavy atom. The number of halogens is 1. The van der Waals surface area contributed by atoms with Crippen LogP contribution in [0.3, 0.4) is 0 Å². The molecule has 88 valence electrons. The fourth-order valence-corrected chi connectivity index (χ4v) is 1.60. The molecule has 0 radical (unpaired) electrons. The lowest BCUT2D eigenvalue weighted by atomic mass is 10.3. The van der Waals surface area contributed by atoms with Crippen LogP contribution in [0.4, 0.5) is 4.39 Å². The number of carbonyl (C=O) groups is 1. The van der Waals surface area contributed by atoms with Crippen molar-refractivity contribution < 1.29 is 14.3 Å². The first kappa shape index (κ1) is 11.5. The lowest BCUT2D eigenvalue weighted by Crippen LogP contribution is -1.97. The minimum Gasteiger partial charge on any atom is -0.481 e. The average Bonchev–Trinajstić information content (AvgIpc) is 2.76. The van der Waals surface area contributed by atoms with Crippen LogP contribution in [0.25, 0.3) is 11.5 Å². The van der Waals surface area contributed by atoms with Crippen LogP contribution in [-0.4, -0.2) is 37.0 Å². The number of aliphatic carboxylic acids is 1. The Bertz CT molecular complexity index is 528. The Morgan fingerprint density at radius 3 is 2.94 bits per heavy atom. The van der Waals surface area contributed by atoms with E-state index in [1.807, 2.05) is 0 Å². The van der Waals surface area contributed by atoms with E-state index in [1.165, 1.54) is 12.1 Å². The minimum atomic E-state index is -0.937. The maximum Gasteiger partial charge on any atom is 0.313 e. The Balaban J connectivity index is 2.12. The standard InChI is InChI=1S/C9H7FN4O2S/c10-5-1-2-6(11-3-5)8-12-9(14-13-8)17-4-7(15)16/h1-3H,4H2,(H,15,16)(H,12,13,14). The second kappa shape index (κ2) is 4.91. The van der Waals surface area contributed by atoms with E-state index in [4.69, 9.17) is 5.11 Å². The van der Waals surface area contributed by atoms with Gasteiger partial charge in [-0.1, -0.05) is 11.8 Å². The van der Waals surface area contributed by atoms with E-state index in [1.54, 1.807) is 0 Å². The summed E-state index contributed by atoms with van der Waals surface area (Å²) in [5, 5.41) is 16.4. The summed E-state index contributed by atoms with van der Waals surface area (Å²) in [7, 11) is 0. The lowest BCUT2D eigenvalue weighted by Gasteiger charge is -1.94. The van der Waals surface area contributed by atoms with E-state index < -0.39 is 11.8 Å². The number of thioether (sulfide) groups is 1. The zero-order valence-corrected chi connectivity index (χ0v) is 9.24. The molecule has 0 saturated carbocycles. The van der Waals surface area contributed by atoms with E-state index in [0.29, 0.717) is 16.7 Å². The molecule has 0 aliphatic carbocycles. The fourth-order valence-electron chi connectivity index (χ4n) is 1.07. The van der Waals surface area contributed by atoms with E-state index in [0.717, 1.165) is 18.0 Å². The van der Waals surface area contributed by atoms with Gasteiger partial charge in [-0.3, -0.25) is 4.79 Å². The largest absolute Gasteiger partial charge is 0.481 e. The number of nitrogens with zero attached hydrogens (tertiary/aromatic N) is 3. The molecule has 2 N–H and O–H groups in total. The second-order valence-corrected chi connectivity index (χ2v) is 3.99. The number of aromatic nitrogens is 4. The summed E-state index contributed by atoms with van der Waals surface area (Å²) < 4.78 is 12.6. The van der Waals surface area contributed by atoms with E-state index in [9.17, 15) is 9.18 Å². The highest BCUT2D eigenvalue weighted by Gasteiger charge is 2.08. The molecule has 0 saturated heterocycles. The molecule has 8 heteroatoms. The second-order valence-electron chi connectivity index (χ2n) is 3.02. The Hall–Kier alpha value is -1.96. The van der Waals surface area contributed by atoms with E-state index >= 15 is 0 Å². The SMILES string of the molecule is O=C(O)CSc1nnc(-c2ccc(F)cn2)[nH]1. The van der Waals surface area contributed by atoms with Gasteiger partial charge in [-0.2, -0.15) is 0 Å². The van der Waals surface area contributed by atoms with Gasteiger partial charge in [-0.25, -0.2) is 9.37 Å². The normalized spacial score (nSPS) is 10.4. The number of rotatable bonds is 4. The summed E-state index contributed by atoms with van der Waals surface area (Å²) in [5.41, 5.74) is 0.445. The number of H-pyrrole nitrogens is 1. The molecular weight excluding hydrogens is 247 g/mol. The number of aromatic amines is 1. The Morgan fingerprint density at radius 1 is 1.47 bits per heavy atom. The number of carboxylic acid groups (broad SMARTS) is 1. The molecule has 0 spiro atoms. The van der Waals surface area contributed by atoms with Crippen molar-refractivity contribution in [2.75, 3.05) is 5.75 Å². The highest BCUT2D eigenvalue weighted by molar-refractivity contribution is 7.99. The number of hydrogen-bond acceptors (Lipinski definition) is 5. The van der Waals surface area contributed by atoms with Crippen LogP contribution in [-0.2, 0) is 4.79 Å². The van der Waals surface area contributed by atoms with Crippen LogP contribution in [0, 0.1) is 5.82 Å². The van der Waals surface area contributed by atoms with E-state index in [2.05, 4.69) is 20.2 Å². The molecule has 17 heavy (non-hydrogen) atoms. The third-order valence-corrected chi connectivity index (χ3v) is 2.62. The molecule has 0 amide bonds. The summed E-state index contributed by atoms with van der Waals surface area (Å²) in [6.07, 6.45) is 1.07. The molecule has 0 unspecified atom stereocenters. The van der Waals surface area contributed by atoms with Crippen LogP contribution in [0.5, 0.6) is 0 Å². The molecule has 2 rings (SSSR count). The van der Waals surface area contributed by atoms with Gasteiger partial charge in [-0.05, 0) is 12.1 Å². The van der Waals surface area contributed by atoms with Crippen molar-refractivity contribution in [2.45, 2.75) is 5.16 Å². The van der Waals surface area contributed by atoms with Gasteiger partial charge >= 0.3 is 5.97 Å². The third-order valence-electron chi connectivity index (χ3n) is 1.77. The minimum absolute atomic E-state index is 0.106. The first-order valence-electron chi connectivity index (χ1n) is 4.54. The molecule has 0 aliphatic heterocycles. The summed E-state index contributed by atoms with van der Waals surface area (Å²) >= 11 is 1.02. The van der Waals surface area contributed by atoms with Gasteiger partial charge in [0.15, 0.2) is 11.0 Å². The van der Waals surface area contributed by atoms with Crippen molar-refractivity contribution in [1.29, 1.82) is 0 Å². The fraction of sp³-hybridized carbons (Fsp3) is 0.111. The van der Waals surface area contributed by atoms with Crippen LogP contribution in [0.15, 0.2) is 23.5 Å². The molecule has 6 nitrogen and oxygen atoms in total. The summed E-state index contributed by atoms with van der Waals surface area (Å²) in [4.78, 5) is 17.0. The highest BCUT2D eigenvalue weighted by atomic mass is 32.2. The molecule has 2 aromatic rings.